The first-order chi connectivity index (χ1) is 8.72. The van der Waals surface area contributed by atoms with Crippen LogP contribution in [-0.4, -0.2) is 6.09 Å². The second-order valence-electron chi connectivity index (χ2n) is 4.59. The summed E-state index contributed by atoms with van der Waals surface area (Å²) < 4.78 is 4.85. The second kappa shape index (κ2) is 8.56. The minimum atomic E-state index is -0.758. The maximum absolute atomic E-state index is 10.6. The van der Waals surface area contributed by atoms with Gasteiger partial charge in [0.25, 0.3) is 0 Å². The highest BCUT2D eigenvalue weighted by molar-refractivity contribution is 5.68. The minimum Gasteiger partial charge on any atom is -0.410 e. The number of nitrogens with two attached hydrogens (primary N) is 1. The van der Waals surface area contributed by atoms with Crippen LogP contribution in [0.25, 0.3) is 0 Å². The highest BCUT2D eigenvalue weighted by atomic mass is 16.5. The molecule has 0 aliphatic carbocycles. The number of hydrogen-bond donors (Lipinski definition) is 1. The Morgan fingerprint density at radius 1 is 1.17 bits per heavy atom. The van der Waals surface area contributed by atoms with E-state index in [-0.39, 0.29) is 0 Å². The smallest absolute Gasteiger partial charge is 0.409 e. The van der Waals surface area contributed by atoms with Gasteiger partial charge in [0.05, 0.1) is 0 Å². The van der Waals surface area contributed by atoms with Gasteiger partial charge in [0.15, 0.2) is 0 Å². The van der Waals surface area contributed by atoms with Gasteiger partial charge < -0.3 is 10.5 Å². The van der Waals surface area contributed by atoms with Crippen LogP contribution in [0.1, 0.15) is 51.0 Å². The summed E-state index contributed by atoms with van der Waals surface area (Å²) in [7, 11) is 0. The zero-order valence-electron chi connectivity index (χ0n) is 11.2. The molecule has 0 saturated heterocycles. The highest BCUT2D eigenvalue weighted by Gasteiger charge is 2.00. The normalized spacial score (nSPS) is 10.3. The van der Waals surface area contributed by atoms with Crippen molar-refractivity contribution in [2.45, 2.75) is 51.9 Å². The van der Waals surface area contributed by atoms with Crippen LogP contribution in [0.15, 0.2) is 24.3 Å². The molecule has 1 amide bonds. The monoisotopic (exact) mass is 249 g/mol. The molecule has 3 heteroatoms. The van der Waals surface area contributed by atoms with Crippen molar-refractivity contribution in [2.24, 2.45) is 5.73 Å². The van der Waals surface area contributed by atoms with E-state index in [0.717, 1.165) is 6.42 Å². The van der Waals surface area contributed by atoms with Crippen molar-refractivity contribution in [3.8, 4) is 5.75 Å². The fourth-order valence-corrected chi connectivity index (χ4v) is 1.99. The Bertz CT molecular complexity index is 363. The fraction of sp³-hybridized carbons (Fsp3) is 0.533. The van der Waals surface area contributed by atoms with E-state index >= 15 is 0 Å². The molecule has 0 spiro atoms. The number of rotatable bonds is 8. The number of carbonyl (C=O) groups excluding carboxylic acids is 1. The Hall–Kier alpha value is -1.51. The van der Waals surface area contributed by atoms with Crippen molar-refractivity contribution < 1.29 is 9.53 Å². The summed E-state index contributed by atoms with van der Waals surface area (Å²) >= 11 is 0. The molecule has 2 N–H and O–H groups in total. The standard InChI is InChI=1S/C15H23NO2/c1-2-3-4-5-6-7-9-13-10-8-11-14(12-13)18-15(16)17/h8,10-12H,2-7,9H2,1H3,(H2,16,17). The predicted octanol–water partition coefficient (Wildman–Crippen LogP) is 4.05. The number of amides is 1. The number of carbonyl (C=O) groups is 1. The van der Waals surface area contributed by atoms with Gasteiger partial charge in [-0.25, -0.2) is 4.79 Å². The van der Waals surface area contributed by atoms with Crippen LogP contribution >= 0.6 is 0 Å². The van der Waals surface area contributed by atoms with Crippen molar-refractivity contribution >= 4 is 6.09 Å². The minimum absolute atomic E-state index is 0.533. The zero-order valence-corrected chi connectivity index (χ0v) is 11.2. The lowest BCUT2D eigenvalue weighted by molar-refractivity contribution is 0.211. The van der Waals surface area contributed by atoms with Gasteiger partial charge in [0.1, 0.15) is 5.75 Å². The maximum Gasteiger partial charge on any atom is 0.409 e. The van der Waals surface area contributed by atoms with E-state index in [4.69, 9.17) is 10.5 Å². The third-order valence-electron chi connectivity index (χ3n) is 2.94. The largest absolute Gasteiger partial charge is 0.410 e. The van der Waals surface area contributed by atoms with Gasteiger partial charge in [-0.05, 0) is 30.5 Å². The number of unbranched alkanes of at least 4 members (excludes halogenated alkanes) is 5. The summed E-state index contributed by atoms with van der Waals surface area (Å²) in [6.07, 6.45) is 7.99. The molecule has 0 aliphatic heterocycles. The highest BCUT2D eigenvalue weighted by Crippen LogP contribution is 2.16. The number of aryl methyl sites for hydroxylation is 1. The van der Waals surface area contributed by atoms with Crippen LogP contribution in [-0.2, 0) is 6.42 Å². The average molecular weight is 249 g/mol. The summed E-state index contributed by atoms with van der Waals surface area (Å²) in [5, 5.41) is 0. The maximum atomic E-state index is 10.6. The summed E-state index contributed by atoms with van der Waals surface area (Å²) in [5.41, 5.74) is 6.18. The number of ether oxygens (including phenoxy) is 1. The molecular formula is C15H23NO2. The molecule has 3 nitrogen and oxygen atoms in total. The number of hydrogen-bond acceptors (Lipinski definition) is 2. The molecular weight excluding hydrogens is 226 g/mol. The van der Waals surface area contributed by atoms with E-state index in [1.807, 2.05) is 12.1 Å². The Labute approximate surface area is 109 Å². The van der Waals surface area contributed by atoms with E-state index in [1.165, 1.54) is 44.1 Å². The predicted molar refractivity (Wildman–Crippen MR) is 73.7 cm³/mol. The summed E-state index contributed by atoms with van der Waals surface area (Å²) in [6.45, 7) is 2.23. The van der Waals surface area contributed by atoms with Crippen LogP contribution in [0.4, 0.5) is 4.79 Å². The molecule has 0 heterocycles. The van der Waals surface area contributed by atoms with Gasteiger partial charge in [0.2, 0.25) is 0 Å². The lowest BCUT2D eigenvalue weighted by Crippen LogP contribution is -2.16. The third kappa shape index (κ3) is 6.28. The molecule has 0 aliphatic rings. The molecule has 0 bridgehead atoms. The first-order valence-corrected chi connectivity index (χ1v) is 6.78. The van der Waals surface area contributed by atoms with Crippen molar-refractivity contribution in [1.29, 1.82) is 0 Å². The van der Waals surface area contributed by atoms with E-state index in [1.54, 1.807) is 6.07 Å². The van der Waals surface area contributed by atoms with Gasteiger partial charge in [-0.1, -0.05) is 51.2 Å². The number of primary amides is 1. The molecule has 1 aromatic carbocycles. The molecule has 0 aromatic heterocycles. The first kappa shape index (κ1) is 14.6. The van der Waals surface area contributed by atoms with Crippen molar-refractivity contribution in [3.63, 3.8) is 0 Å². The van der Waals surface area contributed by atoms with Crippen molar-refractivity contribution in [2.75, 3.05) is 0 Å². The molecule has 0 saturated carbocycles. The molecule has 1 rings (SSSR count). The molecule has 100 valence electrons. The van der Waals surface area contributed by atoms with Crippen LogP contribution in [0.2, 0.25) is 0 Å². The fourth-order valence-electron chi connectivity index (χ4n) is 1.99. The molecule has 1 aromatic rings. The topological polar surface area (TPSA) is 52.3 Å². The van der Waals surface area contributed by atoms with Gasteiger partial charge in [0, 0.05) is 0 Å². The van der Waals surface area contributed by atoms with E-state index in [0.29, 0.717) is 5.75 Å². The molecule has 0 atom stereocenters. The van der Waals surface area contributed by atoms with Crippen molar-refractivity contribution in [1.82, 2.24) is 0 Å². The quantitative estimate of drug-likeness (QED) is 0.707. The zero-order chi connectivity index (χ0) is 13.2. The molecule has 0 fully saturated rings. The second-order valence-corrected chi connectivity index (χ2v) is 4.59. The van der Waals surface area contributed by atoms with Gasteiger partial charge in [-0.15, -0.1) is 0 Å². The van der Waals surface area contributed by atoms with E-state index in [2.05, 4.69) is 13.0 Å². The lowest BCUT2D eigenvalue weighted by Gasteiger charge is -2.05. The molecule has 0 unspecified atom stereocenters. The first-order valence-electron chi connectivity index (χ1n) is 6.78. The lowest BCUT2D eigenvalue weighted by atomic mass is 10.0. The number of benzene rings is 1. The van der Waals surface area contributed by atoms with Gasteiger partial charge in [-0.2, -0.15) is 0 Å². The third-order valence-corrected chi connectivity index (χ3v) is 2.94. The van der Waals surface area contributed by atoms with Crippen LogP contribution in [0, 0.1) is 0 Å². The van der Waals surface area contributed by atoms with Crippen molar-refractivity contribution in [3.05, 3.63) is 29.8 Å². The van der Waals surface area contributed by atoms with Crippen LogP contribution < -0.4 is 10.5 Å². The Morgan fingerprint density at radius 3 is 2.61 bits per heavy atom. The van der Waals surface area contributed by atoms with Gasteiger partial charge in [-0.3, -0.25) is 0 Å². The molecule has 18 heavy (non-hydrogen) atoms. The van der Waals surface area contributed by atoms with Crippen LogP contribution in [0.5, 0.6) is 5.75 Å². The van der Waals surface area contributed by atoms with Crippen LogP contribution in [0.3, 0.4) is 0 Å². The van der Waals surface area contributed by atoms with E-state index in [9.17, 15) is 4.79 Å². The van der Waals surface area contributed by atoms with Gasteiger partial charge >= 0.3 is 6.09 Å². The Kier molecular flexibility index (Phi) is 6.92. The Balaban J connectivity index is 2.27. The summed E-state index contributed by atoms with van der Waals surface area (Å²) in [4.78, 5) is 10.6. The Morgan fingerprint density at radius 2 is 1.89 bits per heavy atom. The van der Waals surface area contributed by atoms with E-state index < -0.39 is 6.09 Å². The average Bonchev–Trinajstić information content (AvgIpc) is 2.33. The SMILES string of the molecule is CCCCCCCCc1cccc(OC(N)=O)c1. The summed E-state index contributed by atoms with van der Waals surface area (Å²) in [5.74, 6) is 0.533. The summed E-state index contributed by atoms with van der Waals surface area (Å²) in [6, 6.07) is 7.58. The molecule has 0 radical (unpaired) electrons.